The molecule has 8 nitrogen and oxygen atoms in total. The van der Waals surface area contributed by atoms with Gasteiger partial charge in [0.25, 0.3) is 0 Å². The van der Waals surface area contributed by atoms with Gasteiger partial charge in [0.05, 0.1) is 54.0 Å². The van der Waals surface area contributed by atoms with Crippen LogP contribution in [0.4, 0.5) is 0 Å². The summed E-state index contributed by atoms with van der Waals surface area (Å²) >= 11 is 0. The van der Waals surface area contributed by atoms with E-state index in [1.54, 1.807) is 55.1 Å². The Hall–Kier alpha value is -3.65. The van der Waals surface area contributed by atoms with E-state index in [1.807, 2.05) is 24.3 Å². The molecule has 0 bridgehead atoms. The quantitative estimate of drug-likeness (QED) is 0.277. The van der Waals surface area contributed by atoms with Gasteiger partial charge in [0.15, 0.2) is 23.0 Å². The lowest BCUT2D eigenvalue weighted by Crippen LogP contribution is -2.02. The highest BCUT2D eigenvalue weighted by molar-refractivity contribution is 5.95. The molecule has 36 heavy (non-hydrogen) atoms. The molecule has 4 aromatic rings. The molecule has 0 aliphatic heterocycles. The molecular formula is C27H31ClN2O6. The van der Waals surface area contributed by atoms with Gasteiger partial charge in [0, 0.05) is 23.2 Å². The van der Waals surface area contributed by atoms with Gasteiger partial charge in [0.1, 0.15) is 0 Å². The lowest BCUT2D eigenvalue weighted by Gasteiger charge is -2.17. The highest BCUT2D eigenvalue weighted by atomic mass is 35.5. The Morgan fingerprint density at radius 1 is 0.556 bits per heavy atom. The van der Waals surface area contributed by atoms with E-state index >= 15 is 0 Å². The fraction of sp³-hybridized carbons (Fsp3) is 0.333. The minimum atomic E-state index is 0. The van der Waals surface area contributed by atoms with Gasteiger partial charge in [-0.25, -0.2) is 0 Å². The minimum Gasteiger partial charge on any atom is -0.493 e. The first kappa shape index (κ1) is 26.9. The Balaban J connectivity index is 0.00000361. The van der Waals surface area contributed by atoms with Crippen molar-refractivity contribution in [2.24, 2.45) is 0 Å². The van der Waals surface area contributed by atoms with Crippen LogP contribution in [0.2, 0.25) is 0 Å². The van der Waals surface area contributed by atoms with Gasteiger partial charge in [-0.3, -0.25) is 9.97 Å². The summed E-state index contributed by atoms with van der Waals surface area (Å²) in [4.78, 5) is 9.33. The Morgan fingerprint density at radius 3 is 1.28 bits per heavy atom. The SMILES string of the molecule is COc1cc2ccnc(CCCc3nccc4cc(OC)c(OC)c(OC)c34)c2c(OC)c1OC.Cl. The number of methoxy groups -OCH3 is 6. The second kappa shape index (κ2) is 11.9. The summed E-state index contributed by atoms with van der Waals surface area (Å²) in [6, 6.07) is 7.78. The zero-order valence-electron chi connectivity index (χ0n) is 21.3. The molecule has 0 fully saturated rings. The molecule has 0 radical (unpaired) electrons. The molecule has 0 atom stereocenters. The topological polar surface area (TPSA) is 81.2 Å². The lowest BCUT2D eigenvalue weighted by molar-refractivity contribution is 0.327. The zero-order chi connectivity index (χ0) is 24.9. The van der Waals surface area contributed by atoms with Crippen LogP contribution in [0.15, 0.2) is 36.7 Å². The molecule has 2 aromatic carbocycles. The van der Waals surface area contributed by atoms with Crippen molar-refractivity contribution in [3.8, 4) is 34.5 Å². The lowest BCUT2D eigenvalue weighted by atomic mass is 10.0. The summed E-state index contributed by atoms with van der Waals surface area (Å²) in [7, 11) is 9.68. The van der Waals surface area contributed by atoms with E-state index in [9.17, 15) is 0 Å². The molecule has 2 heterocycles. The van der Waals surface area contributed by atoms with E-state index in [4.69, 9.17) is 28.4 Å². The average molecular weight is 515 g/mol. The zero-order valence-corrected chi connectivity index (χ0v) is 22.2. The van der Waals surface area contributed by atoms with Gasteiger partial charge in [-0.05, 0) is 54.3 Å². The first-order valence-corrected chi connectivity index (χ1v) is 11.2. The fourth-order valence-electron chi connectivity index (χ4n) is 4.56. The summed E-state index contributed by atoms with van der Waals surface area (Å²) < 4.78 is 33.6. The summed E-state index contributed by atoms with van der Waals surface area (Å²) in [5.41, 5.74) is 1.85. The minimum absolute atomic E-state index is 0. The van der Waals surface area contributed by atoms with E-state index in [2.05, 4.69) is 9.97 Å². The van der Waals surface area contributed by atoms with Crippen LogP contribution in [0, 0.1) is 0 Å². The molecule has 0 aliphatic carbocycles. The Labute approximate surface area is 216 Å². The third-order valence-corrected chi connectivity index (χ3v) is 6.09. The fourth-order valence-corrected chi connectivity index (χ4v) is 4.56. The van der Waals surface area contributed by atoms with Crippen molar-refractivity contribution in [2.75, 3.05) is 42.7 Å². The number of benzene rings is 2. The van der Waals surface area contributed by atoms with Crippen LogP contribution >= 0.6 is 12.4 Å². The first-order chi connectivity index (χ1) is 17.1. The number of pyridine rings is 2. The molecule has 0 N–H and O–H groups in total. The number of aromatic nitrogens is 2. The van der Waals surface area contributed by atoms with Crippen LogP contribution in [-0.2, 0) is 12.8 Å². The number of rotatable bonds is 10. The molecule has 9 heteroatoms. The highest BCUT2D eigenvalue weighted by Crippen LogP contribution is 2.45. The summed E-state index contributed by atoms with van der Waals surface area (Å²) in [5, 5.41) is 3.79. The van der Waals surface area contributed by atoms with Crippen molar-refractivity contribution in [1.82, 2.24) is 9.97 Å². The molecule has 0 saturated carbocycles. The molecule has 0 unspecified atom stereocenters. The number of hydrogen-bond acceptors (Lipinski definition) is 8. The molecule has 0 amide bonds. The molecule has 0 spiro atoms. The van der Waals surface area contributed by atoms with E-state index in [0.717, 1.165) is 52.2 Å². The van der Waals surface area contributed by atoms with Crippen LogP contribution in [0.25, 0.3) is 21.5 Å². The van der Waals surface area contributed by atoms with Gasteiger partial charge < -0.3 is 28.4 Å². The Bertz CT molecular complexity index is 1260. The summed E-state index contributed by atoms with van der Waals surface area (Å²) in [6.45, 7) is 0. The third-order valence-electron chi connectivity index (χ3n) is 6.09. The smallest absolute Gasteiger partial charge is 0.204 e. The largest absolute Gasteiger partial charge is 0.493 e. The second-order valence-corrected chi connectivity index (χ2v) is 7.86. The Kier molecular flexibility index (Phi) is 8.88. The number of hydrogen-bond donors (Lipinski definition) is 0. The van der Waals surface area contributed by atoms with Gasteiger partial charge >= 0.3 is 0 Å². The molecule has 0 saturated heterocycles. The van der Waals surface area contributed by atoms with Gasteiger partial charge in [-0.2, -0.15) is 0 Å². The number of nitrogens with zero attached hydrogens (tertiary/aromatic N) is 2. The normalized spacial score (nSPS) is 10.6. The van der Waals surface area contributed by atoms with Crippen molar-refractivity contribution in [3.05, 3.63) is 48.0 Å². The molecule has 4 rings (SSSR count). The summed E-state index contributed by atoms with van der Waals surface area (Å²) in [6.07, 6.45) is 5.86. The molecule has 0 aliphatic rings. The number of aryl methyl sites for hydroxylation is 2. The maximum absolute atomic E-state index is 5.73. The predicted octanol–water partition coefficient (Wildman–Crippen LogP) is 5.43. The van der Waals surface area contributed by atoms with E-state index in [-0.39, 0.29) is 12.4 Å². The van der Waals surface area contributed by atoms with E-state index < -0.39 is 0 Å². The van der Waals surface area contributed by atoms with Crippen molar-refractivity contribution >= 4 is 34.0 Å². The summed E-state index contributed by atoms with van der Waals surface area (Å²) in [5.74, 6) is 3.57. The first-order valence-electron chi connectivity index (χ1n) is 11.2. The molecule has 2 aromatic heterocycles. The van der Waals surface area contributed by atoms with Crippen LogP contribution in [0.1, 0.15) is 17.8 Å². The third kappa shape index (κ3) is 4.73. The van der Waals surface area contributed by atoms with Crippen molar-refractivity contribution in [2.45, 2.75) is 19.3 Å². The monoisotopic (exact) mass is 514 g/mol. The van der Waals surface area contributed by atoms with Gasteiger partial charge in [0.2, 0.25) is 11.5 Å². The second-order valence-electron chi connectivity index (χ2n) is 7.86. The van der Waals surface area contributed by atoms with Crippen molar-refractivity contribution in [3.63, 3.8) is 0 Å². The maximum atomic E-state index is 5.73. The molecular weight excluding hydrogens is 484 g/mol. The maximum Gasteiger partial charge on any atom is 0.204 e. The van der Waals surface area contributed by atoms with Crippen LogP contribution in [0.3, 0.4) is 0 Å². The number of halogens is 1. The Morgan fingerprint density at radius 2 is 0.944 bits per heavy atom. The van der Waals surface area contributed by atoms with Gasteiger partial charge in [-0.15, -0.1) is 12.4 Å². The van der Waals surface area contributed by atoms with Crippen LogP contribution < -0.4 is 28.4 Å². The van der Waals surface area contributed by atoms with Gasteiger partial charge in [-0.1, -0.05) is 0 Å². The standard InChI is InChI=1S/C27H30N2O6.ClH/c1-30-20-14-16-10-12-28-18(22(16)26(34-5)24(20)32-3)8-7-9-19-23-17(11-13-29-19)15-21(31-2)25(33-4)27(23)35-6;/h10-15H,7-9H2,1-6H3;1H. The number of fused-ring (bicyclic) bond motifs is 2. The molecule has 192 valence electrons. The number of ether oxygens (including phenoxy) is 6. The van der Waals surface area contributed by atoms with E-state index in [1.165, 1.54) is 0 Å². The van der Waals surface area contributed by atoms with E-state index in [0.29, 0.717) is 34.5 Å². The van der Waals surface area contributed by atoms with Crippen molar-refractivity contribution < 1.29 is 28.4 Å². The van der Waals surface area contributed by atoms with Crippen molar-refractivity contribution in [1.29, 1.82) is 0 Å². The average Bonchev–Trinajstić information content (AvgIpc) is 2.90. The predicted molar refractivity (Wildman–Crippen MR) is 142 cm³/mol. The van der Waals surface area contributed by atoms with Crippen LogP contribution in [-0.4, -0.2) is 52.6 Å². The van der Waals surface area contributed by atoms with Crippen LogP contribution in [0.5, 0.6) is 34.5 Å². The highest BCUT2D eigenvalue weighted by Gasteiger charge is 2.21.